The first kappa shape index (κ1) is 8.93. The summed E-state index contributed by atoms with van der Waals surface area (Å²) in [6.45, 7) is 6.14. The monoisotopic (exact) mass is 191 g/mol. The van der Waals surface area contributed by atoms with Gasteiger partial charge in [-0.1, -0.05) is 5.21 Å². The predicted octanol–water partition coefficient (Wildman–Crippen LogP) is 1.16. The number of hydrogen-bond donors (Lipinski definition) is 1. The molecule has 0 aliphatic rings. The van der Waals surface area contributed by atoms with E-state index in [1.807, 2.05) is 20.8 Å². The molecule has 0 unspecified atom stereocenters. The molecule has 0 aliphatic carbocycles. The van der Waals surface area contributed by atoms with Gasteiger partial charge in [-0.25, -0.2) is 9.67 Å². The lowest BCUT2D eigenvalue weighted by atomic mass is 10.1. The van der Waals surface area contributed by atoms with Crippen LogP contribution >= 0.6 is 0 Å². The quantitative estimate of drug-likeness (QED) is 0.678. The van der Waals surface area contributed by atoms with Gasteiger partial charge in [0.1, 0.15) is 0 Å². The topological polar surface area (TPSA) is 69.6 Å². The van der Waals surface area contributed by atoms with Crippen molar-refractivity contribution in [2.75, 3.05) is 5.73 Å². The van der Waals surface area contributed by atoms with Crippen LogP contribution in [0, 0.1) is 0 Å². The van der Waals surface area contributed by atoms with E-state index in [1.54, 1.807) is 16.9 Å². The van der Waals surface area contributed by atoms with Gasteiger partial charge in [0.05, 0.1) is 11.2 Å². The minimum atomic E-state index is -0.129. The lowest BCUT2D eigenvalue weighted by Gasteiger charge is -2.18. The molecular formula is C9H13N5. The molecule has 0 fully saturated rings. The fraction of sp³-hybridized carbons (Fsp3) is 0.444. The molecular weight excluding hydrogens is 178 g/mol. The molecule has 2 aromatic heterocycles. The Morgan fingerprint density at radius 1 is 1.36 bits per heavy atom. The van der Waals surface area contributed by atoms with Crippen molar-refractivity contribution in [1.29, 1.82) is 0 Å². The molecule has 0 radical (unpaired) electrons. The normalized spacial score (nSPS) is 12.2. The highest BCUT2D eigenvalue weighted by molar-refractivity contribution is 5.82. The molecule has 5 heteroatoms. The summed E-state index contributed by atoms with van der Waals surface area (Å²) in [4.78, 5) is 4.23. The fourth-order valence-corrected chi connectivity index (χ4v) is 1.30. The summed E-state index contributed by atoms with van der Waals surface area (Å²) in [5.74, 6) is 0. The summed E-state index contributed by atoms with van der Waals surface area (Å²) in [7, 11) is 0. The maximum absolute atomic E-state index is 5.76. The number of fused-ring (bicyclic) bond motifs is 1. The van der Waals surface area contributed by atoms with Gasteiger partial charge in [-0.05, 0) is 26.8 Å². The number of nitrogens with zero attached hydrogens (tertiary/aromatic N) is 4. The Hall–Kier alpha value is -1.65. The fourth-order valence-electron chi connectivity index (χ4n) is 1.30. The highest BCUT2D eigenvalue weighted by atomic mass is 15.5. The Kier molecular flexibility index (Phi) is 1.70. The second kappa shape index (κ2) is 2.67. The Bertz CT molecular complexity index is 465. The van der Waals surface area contributed by atoms with Crippen LogP contribution in [-0.4, -0.2) is 20.0 Å². The van der Waals surface area contributed by atoms with E-state index in [1.165, 1.54) is 0 Å². The van der Waals surface area contributed by atoms with Gasteiger partial charge in [0, 0.05) is 6.20 Å². The average molecular weight is 191 g/mol. The molecule has 0 spiro atoms. The van der Waals surface area contributed by atoms with Crippen molar-refractivity contribution >= 4 is 16.9 Å². The number of aromatic nitrogens is 4. The van der Waals surface area contributed by atoms with Crippen molar-refractivity contribution in [3.05, 3.63) is 12.3 Å². The summed E-state index contributed by atoms with van der Waals surface area (Å²) >= 11 is 0. The van der Waals surface area contributed by atoms with Crippen LogP contribution in [-0.2, 0) is 5.54 Å². The van der Waals surface area contributed by atoms with Crippen molar-refractivity contribution < 1.29 is 0 Å². The summed E-state index contributed by atoms with van der Waals surface area (Å²) in [5, 5.41) is 8.06. The standard InChI is InChI=1S/C9H13N5/c1-9(2,3)14-8-7(12-13-14)6(10)4-5-11-8/h4-5H,1-3H3,(H2,10,11). The van der Waals surface area contributed by atoms with Crippen LogP contribution < -0.4 is 5.73 Å². The molecule has 74 valence electrons. The summed E-state index contributed by atoms with van der Waals surface area (Å²) < 4.78 is 1.78. The van der Waals surface area contributed by atoms with E-state index < -0.39 is 0 Å². The Morgan fingerprint density at radius 3 is 2.71 bits per heavy atom. The minimum Gasteiger partial charge on any atom is -0.397 e. The van der Waals surface area contributed by atoms with E-state index in [-0.39, 0.29) is 5.54 Å². The molecule has 2 N–H and O–H groups in total. The van der Waals surface area contributed by atoms with Crippen LogP contribution in [0.15, 0.2) is 12.3 Å². The highest BCUT2D eigenvalue weighted by Gasteiger charge is 2.19. The van der Waals surface area contributed by atoms with Crippen molar-refractivity contribution in [2.45, 2.75) is 26.3 Å². The third-order valence-electron chi connectivity index (χ3n) is 2.01. The van der Waals surface area contributed by atoms with Gasteiger partial charge in [0.15, 0.2) is 11.2 Å². The van der Waals surface area contributed by atoms with Crippen LogP contribution in [0.4, 0.5) is 5.69 Å². The molecule has 0 amide bonds. The number of pyridine rings is 1. The summed E-state index contributed by atoms with van der Waals surface area (Å²) in [5.41, 5.74) is 7.65. The summed E-state index contributed by atoms with van der Waals surface area (Å²) in [6, 6.07) is 1.73. The molecule has 14 heavy (non-hydrogen) atoms. The molecule has 0 aliphatic heterocycles. The van der Waals surface area contributed by atoms with Crippen molar-refractivity contribution in [3.63, 3.8) is 0 Å². The van der Waals surface area contributed by atoms with Crippen LogP contribution in [0.2, 0.25) is 0 Å². The number of nitrogen functional groups attached to an aromatic ring is 1. The molecule has 2 aromatic rings. The lowest BCUT2D eigenvalue weighted by molar-refractivity contribution is 0.356. The molecule has 5 nitrogen and oxygen atoms in total. The molecule has 2 rings (SSSR count). The average Bonchev–Trinajstić information content (AvgIpc) is 2.47. The van der Waals surface area contributed by atoms with Gasteiger partial charge in [-0.2, -0.15) is 0 Å². The van der Waals surface area contributed by atoms with E-state index in [4.69, 9.17) is 5.73 Å². The van der Waals surface area contributed by atoms with Gasteiger partial charge >= 0.3 is 0 Å². The maximum atomic E-state index is 5.76. The molecule has 2 heterocycles. The highest BCUT2D eigenvalue weighted by Crippen LogP contribution is 2.21. The molecule has 0 bridgehead atoms. The Balaban J connectivity index is 2.76. The number of hydrogen-bond acceptors (Lipinski definition) is 4. The van der Waals surface area contributed by atoms with Crippen molar-refractivity contribution in [3.8, 4) is 0 Å². The lowest BCUT2D eigenvalue weighted by Crippen LogP contribution is -2.23. The van der Waals surface area contributed by atoms with Crippen LogP contribution in [0.25, 0.3) is 11.2 Å². The third-order valence-corrected chi connectivity index (χ3v) is 2.01. The van der Waals surface area contributed by atoms with E-state index >= 15 is 0 Å². The van der Waals surface area contributed by atoms with E-state index in [0.717, 1.165) is 5.65 Å². The van der Waals surface area contributed by atoms with Crippen molar-refractivity contribution in [1.82, 2.24) is 20.0 Å². The van der Waals surface area contributed by atoms with E-state index in [0.29, 0.717) is 11.2 Å². The molecule has 0 saturated heterocycles. The zero-order valence-corrected chi connectivity index (χ0v) is 8.52. The van der Waals surface area contributed by atoms with Crippen LogP contribution in [0.3, 0.4) is 0 Å². The van der Waals surface area contributed by atoms with Gasteiger partial charge in [-0.3, -0.25) is 0 Å². The molecule has 0 saturated carbocycles. The summed E-state index contributed by atoms with van der Waals surface area (Å²) in [6.07, 6.45) is 1.67. The van der Waals surface area contributed by atoms with Crippen molar-refractivity contribution in [2.24, 2.45) is 0 Å². The smallest absolute Gasteiger partial charge is 0.181 e. The van der Waals surface area contributed by atoms with Gasteiger partial charge in [0.2, 0.25) is 0 Å². The van der Waals surface area contributed by atoms with Gasteiger partial charge in [-0.15, -0.1) is 5.10 Å². The predicted molar refractivity (Wildman–Crippen MR) is 54.7 cm³/mol. The van der Waals surface area contributed by atoms with Gasteiger partial charge in [0.25, 0.3) is 0 Å². The van der Waals surface area contributed by atoms with E-state index in [9.17, 15) is 0 Å². The maximum Gasteiger partial charge on any atom is 0.181 e. The first-order chi connectivity index (χ1) is 6.50. The SMILES string of the molecule is CC(C)(C)n1nnc2c(N)ccnc21. The van der Waals surface area contributed by atoms with Crippen LogP contribution in [0.5, 0.6) is 0 Å². The second-order valence-electron chi connectivity index (χ2n) is 4.24. The first-order valence-electron chi connectivity index (χ1n) is 4.46. The molecule has 0 atom stereocenters. The third kappa shape index (κ3) is 1.21. The number of rotatable bonds is 0. The first-order valence-corrected chi connectivity index (χ1v) is 4.46. The number of nitrogens with two attached hydrogens (primary N) is 1. The largest absolute Gasteiger partial charge is 0.397 e. The van der Waals surface area contributed by atoms with E-state index in [2.05, 4.69) is 15.3 Å². The van der Waals surface area contributed by atoms with Gasteiger partial charge < -0.3 is 5.73 Å². The zero-order valence-electron chi connectivity index (χ0n) is 8.52. The second-order valence-corrected chi connectivity index (χ2v) is 4.24. The Labute approximate surface area is 81.9 Å². The molecule has 0 aromatic carbocycles. The Morgan fingerprint density at radius 2 is 2.07 bits per heavy atom. The zero-order chi connectivity index (χ0) is 10.3. The minimum absolute atomic E-state index is 0.129. The number of anilines is 1. The van der Waals surface area contributed by atoms with Crippen LogP contribution in [0.1, 0.15) is 20.8 Å².